The molecule has 8 heteroatoms. The summed E-state index contributed by atoms with van der Waals surface area (Å²) in [6.45, 7) is 5.38. The van der Waals surface area contributed by atoms with Gasteiger partial charge in [-0.1, -0.05) is 6.92 Å². The molecule has 0 radical (unpaired) electrons. The van der Waals surface area contributed by atoms with E-state index in [0.29, 0.717) is 16.5 Å². The number of ether oxygens (including phenoxy) is 2. The first-order chi connectivity index (χ1) is 13.8. The molecule has 1 aliphatic rings. The summed E-state index contributed by atoms with van der Waals surface area (Å²) in [6.07, 6.45) is 2.56. The zero-order chi connectivity index (χ0) is 21.0. The number of amides is 1. The molecular formula is C21H25NO5S2. The Hall–Kier alpha value is -2.19. The van der Waals surface area contributed by atoms with Gasteiger partial charge in [-0.05, 0) is 67.0 Å². The summed E-state index contributed by atoms with van der Waals surface area (Å²) in [5.74, 6) is -0.806. The number of hydrogen-bond donors (Lipinski definition) is 1. The zero-order valence-electron chi connectivity index (χ0n) is 16.8. The first-order valence-electron chi connectivity index (χ1n) is 9.65. The Morgan fingerprint density at radius 3 is 2.79 bits per heavy atom. The van der Waals surface area contributed by atoms with E-state index in [9.17, 15) is 14.4 Å². The molecule has 1 unspecified atom stereocenters. The van der Waals surface area contributed by atoms with Crippen LogP contribution in [-0.4, -0.2) is 30.6 Å². The topological polar surface area (TPSA) is 81.7 Å². The summed E-state index contributed by atoms with van der Waals surface area (Å²) in [5.41, 5.74) is 2.28. The van der Waals surface area contributed by atoms with Crippen LogP contribution in [0.25, 0.3) is 0 Å². The molecule has 0 spiro atoms. The molecule has 1 aliphatic carbocycles. The molecule has 29 heavy (non-hydrogen) atoms. The van der Waals surface area contributed by atoms with E-state index in [2.05, 4.69) is 12.2 Å². The highest BCUT2D eigenvalue weighted by molar-refractivity contribution is 7.17. The number of anilines is 1. The predicted molar refractivity (Wildman–Crippen MR) is 114 cm³/mol. The SMILES string of the molecule is CC1CCc2c(sc(NC(=O)COC(=O)Cc3ccsc3)c2C(=O)OC(C)C)C1. The maximum Gasteiger partial charge on any atom is 0.341 e. The number of fused-ring (bicyclic) bond motifs is 1. The Bertz CT molecular complexity index is 885. The normalized spacial score (nSPS) is 15.7. The van der Waals surface area contributed by atoms with Crippen molar-refractivity contribution < 1.29 is 23.9 Å². The monoisotopic (exact) mass is 435 g/mol. The molecule has 0 bridgehead atoms. The van der Waals surface area contributed by atoms with Crippen molar-refractivity contribution >= 4 is 45.5 Å². The number of esters is 2. The fraction of sp³-hybridized carbons (Fsp3) is 0.476. The van der Waals surface area contributed by atoms with Gasteiger partial charge in [0.15, 0.2) is 6.61 Å². The van der Waals surface area contributed by atoms with E-state index in [1.165, 1.54) is 22.7 Å². The molecule has 0 fully saturated rings. The van der Waals surface area contributed by atoms with Crippen molar-refractivity contribution in [3.05, 3.63) is 38.4 Å². The fourth-order valence-corrected chi connectivity index (χ4v) is 5.33. The molecule has 0 aromatic carbocycles. The van der Waals surface area contributed by atoms with E-state index in [1.54, 1.807) is 13.8 Å². The lowest BCUT2D eigenvalue weighted by molar-refractivity contribution is -0.146. The van der Waals surface area contributed by atoms with E-state index >= 15 is 0 Å². The van der Waals surface area contributed by atoms with E-state index in [-0.39, 0.29) is 19.1 Å². The van der Waals surface area contributed by atoms with E-state index in [1.807, 2.05) is 16.8 Å². The number of hydrogen-bond acceptors (Lipinski definition) is 7. The minimum Gasteiger partial charge on any atom is -0.459 e. The molecule has 0 aliphatic heterocycles. The molecule has 2 aromatic heterocycles. The zero-order valence-corrected chi connectivity index (χ0v) is 18.4. The number of thiophene rings is 2. The van der Waals surface area contributed by atoms with Crippen molar-refractivity contribution in [2.75, 3.05) is 11.9 Å². The van der Waals surface area contributed by atoms with Crippen molar-refractivity contribution in [1.29, 1.82) is 0 Å². The molecule has 1 N–H and O–H groups in total. The Labute approximate surface area is 178 Å². The highest BCUT2D eigenvalue weighted by Gasteiger charge is 2.29. The lowest BCUT2D eigenvalue weighted by atomic mass is 9.88. The van der Waals surface area contributed by atoms with Crippen LogP contribution < -0.4 is 5.32 Å². The Morgan fingerprint density at radius 2 is 2.10 bits per heavy atom. The van der Waals surface area contributed by atoms with Gasteiger partial charge in [0.05, 0.1) is 18.1 Å². The van der Waals surface area contributed by atoms with E-state index in [4.69, 9.17) is 9.47 Å². The second-order valence-corrected chi connectivity index (χ2v) is 9.41. The minimum atomic E-state index is -0.464. The molecule has 0 saturated carbocycles. The van der Waals surface area contributed by atoms with Crippen molar-refractivity contribution in [2.45, 2.75) is 52.6 Å². The number of nitrogens with one attached hydrogen (secondary N) is 1. The highest BCUT2D eigenvalue weighted by atomic mass is 32.1. The molecule has 1 amide bonds. The van der Waals surface area contributed by atoms with Crippen LogP contribution in [0.2, 0.25) is 0 Å². The third-order valence-electron chi connectivity index (χ3n) is 4.60. The van der Waals surface area contributed by atoms with E-state index < -0.39 is 17.8 Å². The smallest absolute Gasteiger partial charge is 0.341 e. The first kappa shape index (κ1) is 21.5. The maximum atomic E-state index is 12.7. The van der Waals surface area contributed by atoms with Crippen LogP contribution in [0.1, 0.15) is 53.6 Å². The fourth-order valence-electron chi connectivity index (χ4n) is 3.25. The summed E-state index contributed by atoms with van der Waals surface area (Å²) >= 11 is 2.92. The molecule has 2 heterocycles. The molecule has 3 rings (SSSR count). The van der Waals surface area contributed by atoms with Crippen LogP contribution >= 0.6 is 22.7 Å². The summed E-state index contributed by atoms with van der Waals surface area (Å²) < 4.78 is 10.5. The number of carbonyl (C=O) groups is 3. The van der Waals surface area contributed by atoms with Crippen LogP contribution in [0.3, 0.4) is 0 Å². The Balaban J connectivity index is 1.68. The van der Waals surface area contributed by atoms with E-state index in [0.717, 1.165) is 35.3 Å². The molecule has 0 saturated heterocycles. The predicted octanol–water partition coefficient (Wildman–Crippen LogP) is 4.22. The molecule has 6 nitrogen and oxygen atoms in total. The van der Waals surface area contributed by atoms with Gasteiger partial charge >= 0.3 is 11.9 Å². The van der Waals surface area contributed by atoms with Gasteiger partial charge in [-0.15, -0.1) is 11.3 Å². The quantitative estimate of drug-likeness (QED) is 0.659. The summed E-state index contributed by atoms with van der Waals surface area (Å²) in [4.78, 5) is 38.0. The number of rotatable bonds is 7. The van der Waals surface area contributed by atoms with Crippen LogP contribution in [-0.2, 0) is 38.3 Å². The molecular weight excluding hydrogens is 410 g/mol. The third-order valence-corrected chi connectivity index (χ3v) is 6.51. The Morgan fingerprint density at radius 1 is 1.31 bits per heavy atom. The van der Waals surface area contributed by atoms with Crippen LogP contribution in [0.5, 0.6) is 0 Å². The standard InChI is InChI=1S/C21H25NO5S2/c1-12(2)27-21(25)19-15-5-4-13(3)8-16(15)29-20(19)22-17(23)10-26-18(24)9-14-6-7-28-11-14/h6-7,11-13H,4-5,8-10H2,1-3H3,(H,22,23). The van der Waals surface area contributed by atoms with Crippen molar-refractivity contribution in [3.63, 3.8) is 0 Å². The lowest BCUT2D eigenvalue weighted by Gasteiger charge is -2.18. The van der Waals surface area contributed by atoms with Crippen molar-refractivity contribution in [1.82, 2.24) is 0 Å². The van der Waals surface area contributed by atoms with Gasteiger partial charge < -0.3 is 14.8 Å². The second-order valence-electron chi connectivity index (χ2n) is 7.53. The lowest BCUT2D eigenvalue weighted by Crippen LogP contribution is -2.23. The van der Waals surface area contributed by atoms with Gasteiger partial charge in [0.1, 0.15) is 5.00 Å². The van der Waals surface area contributed by atoms with Crippen LogP contribution in [0.4, 0.5) is 5.00 Å². The van der Waals surface area contributed by atoms with Gasteiger partial charge in [-0.2, -0.15) is 11.3 Å². The third kappa shape index (κ3) is 5.67. The first-order valence-corrected chi connectivity index (χ1v) is 11.4. The van der Waals surface area contributed by atoms with Gasteiger partial charge in [-0.25, -0.2) is 4.79 Å². The van der Waals surface area contributed by atoms with Crippen LogP contribution in [0, 0.1) is 5.92 Å². The van der Waals surface area contributed by atoms with Crippen molar-refractivity contribution in [3.8, 4) is 0 Å². The highest BCUT2D eigenvalue weighted by Crippen LogP contribution is 2.40. The van der Waals surface area contributed by atoms with Gasteiger partial charge in [0.25, 0.3) is 5.91 Å². The minimum absolute atomic E-state index is 0.133. The van der Waals surface area contributed by atoms with Gasteiger partial charge in [0.2, 0.25) is 0 Å². The summed E-state index contributed by atoms with van der Waals surface area (Å²) in [5, 5.41) is 6.98. The average Bonchev–Trinajstić information content (AvgIpc) is 3.26. The maximum absolute atomic E-state index is 12.7. The molecule has 156 valence electrons. The van der Waals surface area contributed by atoms with Gasteiger partial charge in [0, 0.05) is 4.88 Å². The van der Waals surface area contributed by atoms with Crippen LogP contribution in [0.15, 0.2) is 16.8 Å². The van der Waals surface area contributed by atoms with Crippen molar-refractivity contribution in [2.24, 2.45) is 5.92 Å². The van der Waals surface area contributed by atoms with Gasteiger partial charge in [-0.3, -0.25) is 9.59 Å². The second kappa shape index (κ2) is 9.54. The largest absolute Gasteiger partial charge is 0.459 e. The molecule has 2 aromatic rings. The molecule has 1 atom stereocenters. The average molecular weight is 436 g/mol. The Kier molecular flexibility index (Phi) is 7.08. The number of carbonyl (C=O) groups excluding carboxylic acids is 3. The summed E-state index contributed by atoms with van der Waals surface area (Å²) in [6, 6.07) is 1.84. The summed E-state index contributed by atoms with van der Waals surface area (Å²) in [7, 11) is 0.